The number of benzene rings is 2. The van der Waals surface area contributed by atoms with E-state index in [1.807, 2.05) is 6.20 Å². The maximum absolute atomic E-state index is 13.4. The second kappa shape index (κ2) is 8.76. The molecule has 4 aromatic rings. The number of hydrogen-bond donors (Lipinski definition) is 0. The van der Waals surface area contributed by atoms with Gasteiger partial charge in [0.25, 0.3) is 0 Å². The molecule has 2 saturated heterocycles. The fraction of sp³-hybridized carbons (Fsp3) is 0.310. The van der Waals surface area contributed by atoms with Crippen LogP contribution >= 0.6 is 0 Å². The van der Waals surface area contributed by atoms with Crippen LogP contribution in [0.25, 0.3) is 11.5 Å². The van der Waals surface area contributed by atoms with Gasteiger partial charge in [-0.1, -0.05) is 12.1 Å². The Labute approximate surface area is 222 Å². The molecule has 5 heterocycles. The molecule has 2 fully saturated rings. The molecule has 0 unspecified atom stereocenters. The van der Waals surface area contributed by atoms with E-state index in [0.717, 1.165) is 41.9 Å². The van der Waals surface area contributed by atoms with Crippen LogP contribution in [0, 0.1) is 5.41 Å². The minimum absolute atomic E-state index is 0.256. The van der Waals surface area contributed by atoms with Gasteiger partial charge in [0, 0.05) is 74.2 Å². The molecule has 0 N–H and O–H groups in total. The molecule has 9 heteroatoms. The van der Waals surface area contributed by atoms with Crippen molar-refractivity contribution in [2.24, 2.45) is 5.41 Å². The summed E-state index contributed by atoms with van der Waals surface area (Å²) in [4.78, 5) is 13.9. The Kier molecular flexibility index (Phi) is 5.43. The first kappa shape index (κ1) is 23.6. The number of anilines is 1. The number of sulfonamides is 1. The lowest BCUT2D eigenvalue weighted by Crippen LogP contribution is -2.71. The summed E-state index contributed by atoms with van der Waals surface area (Å²) in [5.74, 6) is 0.464. The number of oxazole rings is 1. The zero-order chi connectivity index (χ0) is 25.9. The lowest BCUT2D eigenvalue weighted by Gasteiger charge is -2.60. The Morgan fingerprint density at radius 3 is 2.47 bits per heavy atom. The highest BCUT2D eigenvalue weighted by Crippen LogP contribution is 2.41. The molecular weight excluding hydrogens is 498 g/mol. The number of nitrogens with zero attached hydrogens (tertiary/aromatic N) is 5. The van der Waals surface area contributed by atoms with Gasteiger partial charge in [-0.05, 0) is 66.2 Å². The Bertz CT molecular complexity index is 1590. The Morgan fingerprint density at radius 2 is 1.74 bits per heavy atom. The van der Waals surface area contributed by atoms with Crippen molar-refractivity contribution in [3.8, 4) is 11.5 Å². The standard InChI is InChI=1S/C29H29N5O3S/c1-32-17-29(18-32)19-33(20-29)26-4-2-3-21(12-26)11-25-13-23-15-34(16-24(23)14-31-25)38(35,36)27-7-5-22(6-8-27)28-30-9-10-37-28/h2-10,12-14H,11,15-20H2,1H3. The number of aromatic nitrogens is 2. The van der Waals surface area contributed by atoms with Gasteiger partial charge in [-0.15, -0.1) is 0 Å². The van der Waals surface area contributed by atoms with Crippen LogP contribution in [0.15, 0.2) is 82.6 Å². The second-order valence-corrected chi connectivity index (χ2v) is 12.9. The largest absolute Gasteiger partial charge is 0.445 e. The zero-order valence-corrected chi connectivity index (χ0v) is 22.1. The van der Waals surface area contributed by atoms with E-state index in [2.05, 4.69) is 57.1 Å². The molecule has 3 aliphatic rings. The first-order valence-electron chi connectivity index (χ1n) is 12.9. The lowest BCUT2D eigenvalue weighted by atomic mass is 9.73. The summed E-state index contributed by atoms with van der Waals surface area (Å²) in [6, 6.07) is 17.4. The van der Waals surface area contributed by atoms with Crippen LogP contribution < -0.4 is 4.90 Å². The molecule has 194 valence electrons. The minimum atomic E-state index is -3.64. The zero-order valence-electron chi connectivity index (χ0n) is 21.2. The van der Waals surface area contributed by atoms with Crippen molar-refractivity contribution in [1.29, 1.82) is 0 Å². The van der Waals surface area contributed by atoms with Gasteiger partial charge in [0.15, 0.2) is 0 Å². The van der Waals surface area contributed by atoms with Crippen LogP contribution in [0.5, 0.6) is 0 Å². The van der Waals surface area contributed by atoms with E-state index < -0.39 is 10.0 Å². The third-order valence-corrected chi connectivity index (χ3v) is 9.73. The van der Waals surface area contributed by atoms with Crippen molar-refractivity contribution in [2.75, 3.05) is 38.1 Å². The van der Waals surface area contributed by atoms with Gasteiger partial charge in [-0.25, -0.2) is 13.4 Å². The van der Waals surface area contributed by atoms with E-state index in [1.165, 1.54) is 34.9 Å². The smallest absolute Gasteiger partial charge is 0.243 e. The van der Waals surface area contributed by atoms with Crippen molar-refractivity contribution in [3.05, 3.63) is 95.6 Å². The van der Waals surface area contributed by atoms with Crippen LogP contribution in [0.4, 0.5) is 5.69 Å². The average molecular weight is 528 g/mol. The van der Waals surface area contributed by atoms with E-state index in [0.29, 0.717) is 24.4 Å². The fourth-order valence-corrected chi connectivity index (χ4v) is 7.56. The first-order chi connectivity index (χ1) is 18.4. The molecule has 1 spiro atoms. The summed E-state index contributed by atoms with van der Waals surface area (Å²) in [5.41, 5.74) is 6.66. The third kappa shape index (κ3) is 4.11. The summed E-state index contributed by atoms with van der Waals surface area (Å²) < 4.78 is 33.5. The summed E-state index contributed by atoms with van der Waals surface area (Å²) in [7, 11) is -1.45. The van der Waals surface area contributed by atoms with E-state index >= 15 is 0 Å². The molecule has 0 atom stereocenters. The van der Waals surface area contributed by atoms with Gasteiger partial charge in [-0.2, -0.15) is 4.31 Å². The Hall–Kier alpha value is -3.53. The second-order valence-electron chi connectivity index (χ2n) is 11.0. The molecule has 0 saturated carbocycles. The highest BCUT2D eigenvalue weighted by molar-refractivity contribution is 7.89. The van der Waals surface area contributed by atoms with E-state index in [9.17, 15) is 8.42 Å². The molecule has 0 radical (unpaired) electrons. The Morgan fingerprint density at radius 1 is 0.947 bits per heavy atom. The van der Waals surface area contributed by atoms with E-state index in [4.69, 9.17) is 4.42 Å². The number of fused-ring (bicyclic) bond motifs is 1. The first-order valence-corrected chi connectivity index (χ1v) is 14.3. The van der Waals surface area contributed by atoms with Gasteiger partial charge < -0.3 is 14.2 Å². The maximum atomic E-state index is 13.4. The lowest BCUT2D eigenvalue weighted by molar-refractivity contribution is -0.00239. The normalized spacial score (nSPS) is 18.8. The molecule has 2 aromatic carbocycles. The fourth-order valence-electron chi connectivity index (χ4n) is 6.17. The van der Waals surface area contributed by atoms with Crippen LogP contribution in [0.2, 0.25) is 0 Å². The van der Waals surface area contributed by atoms with Gasteiger partial charge in [0.1, 0.15) is 6.26 Å². The molecular formula is C29H29N5O3S. The van der Waals surface area contributed by atoms with Crippen molar-refractivity contribution < 1.29 is 12.8 Å². The topological polar surface area (TPSA) is 82.8 Å². The average Bonchev–Trinajstić information content (AvgIpc) is 3.56. The van der Waals surface area contributed by atoms with Crippen LogP contribution in [0.3, 0.4) is 0 Å². The molecule has 8 nitrogen and oxygen atoms in total. The van der Waals surface area contributed by atoms with Crippen LogP contribution in [0.1, 0.15) is 22.4 Å². The van der Waals surface area contributed by atoms with Gasteiger partial charge in [0.05, 0.1) is 11.1 Å². The van der Waals surface area contributed by atoms with Crippen molar-refractivity contribution in [2.45, 2.75) is 24.4 Å². The number of rotatable bonds is 6. The molecule has 0 aliphatic carbocycles. The van der Waals surface area contributed by atoms with Crippen LogP contribution in [-0.4, -0.2) is 60.8 Å². The van der Waals surface area contributed by atoms with Gasteiger partial charge in [-0.3, -0.25) is 4.98 Å². The molecule has 0 amide bonds. The van der Waals surface area contributed by atoms with E-state index in [1.54, 1.807) is 30.5 Å². The highest BCUT2D eigenvalue weighted by Gasteiger charge is 2.50. The molecule has 0 bridgehead atoms. The quantitative estimate of drug-likeness (QED) is 0.377. The van der Waals surface area contributed by atoms with Gasteiger partial charge >= 0.3 is 0 Å². The summed E-state index contributed by atoms with van der Waals surface area (Å²) in [6.45, 7) is 5.33. The predicted molar refractivity (Wildman–Crippen MR) is 144 cm³/mol. The number of pyridine rings is 1. The monoisotopic (exact) mass is 527 g/mol. The Balaban J connectivity index is 1.03. The minimum Gasteiger partial charge on any atom is -0.445 e. The highest BCUT2D eigenvalue weighted by atomic mass is 32.2. The molecule has 38 heavy (non-hydrogen) atoms. The molecule has 3 aliphatic heterocycles. The number of likely N-dealkylation sites (tertiary alicyclic amines) is 1. The van der Waals surface area contributed by atoms with E-state index in [-0.39, 0.29) is 4.90 Å². The summed E-state index contributed by atoms with van der Waals surface area (Å²) >= 11 is 0. The number of hydrogen-bond acceptors (Lipinski definition) is 7. The van der Waals surface area contributed by atoms with Crippen molar-refractivity contribution >= 4 is 15.7 Å². The maximum Gasteiger partial charge on any atom is 0.243 e. The predicted octanol–water partition coefficient (Wildman–Crippen LogP) is 3.78. The van der Waals surface area contributed by atoms with Crippen molar-refractivity contribution in [1.82, 2.24) is 19.2 Å². The molecule has 2 aromatic heterocycles. The third-order valence-electron chi connectivity index (χ3n) is 7.93. The van der Waals surface area contributed by atoms with Crippen LogP contribution in [-0.2, 0) is 29.5 Å². The summed E-state index contributed by atoms with van der Waals surface area (Å²) in [5, 5.41) is 0. The SMILES string of the molecule is CN1CC2(C1)CN(c1cccc(Cc3cc4c(cn3)CN(S(=O)(=O)c3ccc(-c5ncco5)cc3)C4)c1)C2. The summed E-state index contributed by atoms with van der Waals surface area (Å²) in [6.07, 6.45) is 5.62. The van der Waals surface area contributed by atoms with Gasteiger partial charge in [0.2, 0.25) is 15.9 Å². The van der Waals surface area contributed by atoms with Crippen molar-refractivity contribution in [3.63, 3.8) is 0 Å². The molecule has 7 rings (SSSR count).